The van der Waals surface area contributed by atoms with Gasteiger partial charge in [0.15, 0.2) is 0 Å². The molecule has 36 heavy (non-hydrogen) atoms. The van der Waals surface area contributed by atoms with Crippen molar-refractivity contribution in [2.75, 3.05) is 0 Å². The third-order valence-electron chi connectivity index (χ3n) is 7.27. The lowest BCUT2D eigenvalue weighted by molar-refractivity contribution is -0.157. The molecule has 0 spiro atoms. The number of aliphatic hydroxyl groups excluding tert-OH is 2. The summed E-state index contributed by atoms with van der Waals surface area (Å²) in [4.78, 5) is 24.2. The Hall–Kier alpha value is -2.00. The molecule has 2 heterocycles. The summed E-state index contributed by atoms with van der Waals surface area (Å²) in [5.41, 5.74) is -1.17. The topological polar surface area (TPSA) is 126 Å². The van der Waals surface area contributed by atoms with Crippen LogP contribution in [-0.2, 0) is 23.8 Å². The van der Waals surface area contributed by atoms with Crippen LogP contribution >= 0.6 is 0 Å². The number of rotatable bonds is 7. The van der Waals surface area contributed by atoms with Gasteiger partial charge in [-0.05, 0) is 51.7 Å². The fourth-order valence-electron chi connectivity index (χ4n) is 4.76. The van der Waals surface area contributed by atoms with E-state index in [0.29, 0.717) is 0 Å². The van der Waals surface area contributed by atoms with Gasteiger partial charge in [-0.15, -0.1) is 0 Å². The van der Waals surface area contributed by atoms with E-state index in [1.165, 1.54) is 6.92 Å². The summed E-state index contributed by atoms with van der Waals surface area (Å²) in [6.07, 6.45) is 6.75. The van der Waals surface area contributed by atoms with Crippen molar-refractivity contribution in [2.24, 2.45) is 11.8 Å². The first-order valence-electron chi connectivity index (χ1n) is 12.9. The van der Waals surface area contributed by atoms with E-state index in [1.807, 2.05) is 52.8 Å². The van der Waals surface area contributed by atoms with Crippen molar-refractivity contribution in [2.45, 2.75) is 116 Å². The first-order chi connectivity index (χ1) is 16.7. The summed E-state index contributed by atoms with van der Waals surface area (Å²) in [5.74, 6) is -1.51. The van der Waals surface area contributed by atoms with Gasteiger partial charge in [-0.25, -0.2) is 0 Å². The number of esters is 2. The Bertz CT molecular complexity index is 860. The molecule has 1 saturated heterocycles. The lowest BCUT2D eigenvalue weighted by Crippen LogP contribution is -2.42. The van der Waals surface area contributed by atoms with Gasteiger partial charge in [-0.3, -0.25) is 9.59 Å². The van der Waals surface area contributed by atoms with E-state index in [2.05, 4.69) is 0 Å². The van der Waals surface area contributed by atoms with Crippen LogP contribution in [0.25, 0.3) is 0 Å². The molecule has 8 nitrogen and oxygen atoms in total. The van der Waals surface area contributed by atoms with Gasteiger partial charge in [0.1, 0.15) is 23.4 Å². The fraction of sp³-hybridized carbons (Fsp3) is 0.714. The third-order valence-corrected chi connectivity index (χ3v) is 7.27. The summed E-state index contributed by atoms with van der Waals surface area (Å²) in [6.45, 7) is 12.4. The number of carbonyl (C=O) groups excluding carboxylic acids is 2. The van der Waals surface area contributed by atoms with E-state index in [4.69, 9.17) is 14.2 Å². The van der Waals surface area contributed by atoms with E-state index >= 15 is 0 Å². The first-order valence-corrected chi connectivity index (χ1v) is 12.9. The molecule has 0 amide bonds. The van der Waals surface area contributed by atoms with Crippen molar-refractivity contribution in [3.8, 4) is 0 Å². The number of aliphatic hydroxyl groups is 3. The molecule has 9 atom stereocenters. The highest BCUT2D eigenvalue weighted by Crippen LogP contribution is 2.43. The van der Waals surface area contributed by atoms with Crippen molar-refractivity contribution < 1.29 is 39.1 Å². The molecule has 204 valence electrons. The molecule has 0 saturated carbocycles. The van der Waals surface area contributed by atoms with Crippen molar-refractivity contribution in [3.63, 3.8) is 0 Å². The molecular formula is C28H44O8. The molecule has 0 aromatic rings. The second-order valence-electron chi connectivity index (χ2n) is 10.7. The highest BCUT2D eigenvalue weighted by molar-refractivity contribution is 5.70. The molecule has 1 fully saturated rings. The zero-order valence-corrected chi connectivity index (χ0v) is 22.6. The highest BCUT2D eigenvalue weighted by Gasteiger charge is 2.57. The summed E-state index contributed by atoms with van der Waals surface area (Å²) < 4.78 is 16.8. The van der Waals surface area contributed by atoms with Crippen LogP contribution in [0, 0.1) is 11.8 Å². The Kier molecular flexibility index (Phi) is 10.5. The van der Waals surface area contributed by atoms with Crippen LogP contribution in [0.1, 0.15) is 74.1 Å². The van der Waals surface area contributed by atoms with Gasteiger partial charge >= 0.3 is 11.9 Å². The van der Waals surface area contributed by atoms with Crippen LogP contribution < -0.4 is 0 Å². The van der Waals surface area contributed by atoms with Crippen LogP contribution in [0.15, 0.2) is 36.0 Å². The summed E-state index contributed by atoms with van der Waals surface area (Å²) >= 11 is 0. The fourth-order valence-corrected chi connectivity index (χ4v) is 4.76. The van der Waals surface area contributed by atoms with Crippen LogP contribution in [-0.4, -0.2) is 69.0 Å². The predicted octanol–water partition coefficient (Wildman–Crippen LogP) is 3.39. The van der Waals surface area contributed by atoms with Crippen LogP contribution in [0.5, 0.6) is 0 Å². The number of cyclic esters (lactones) is 1. The zero-order valence-electron chi connectivity index (χ0n) is 22.6. The molecule has 0 bridgehead atoms. The van der Waals surface area contributed by atoms with Gasteiger partial charge < -0.3 is 29.5 Å². The maximum Gasteiger partial charge on any atom is 0.309 e. The number of epoxide rings is 1. The van der Waals surface area contributed by atoms with Gasteiger partial charge in [0.05, 0.1) is 24.7 Å². The minimum absolute atomic E-state index is 0.0656. The summed E-state index contributed by atoms with van der Waals surface area (Å²) in [6, 6.07) is 0. The van der Waals surface area contributed by atoms with Crippen molar-refractivity contribution in [1.82, 2.24) is 0 Å². The molecule has 8 heteroatoms. The second kappa shape index (κ2) is 12.5. The van der Waals surface area contributed by atoms with E-state index in [-0.39, 0.29) is 37.2 Å². The molecular weight excluding hydrogens is 464 g/mol. The normalized spacial score (nSPS) is 38.0. The molecule has 0 aromatic carbocycles. The number of ether oxygens (including phenoxy) is 3. The minimum Gasteiger partial charge on any atom is -0.457 e. The smallest absolute Gasteiger partial charge is 0.309 e. The van der Waals surface area contributed by atoms with E-state index in [9.17, 15) is 24.9 Å². The van der Waals surface area contributed by atoms with Crippen LogP contribution in [0.4, 0.5) is 0 Å². The second-order valence-corrected chi connectivity index (χ2v) is 10.7. The molecule has 0 aromatic heterocycles. The summed E-state index contributed by atoms with van der Waals surface area (Å²) in [5, 5.41) is 31.9. The molecule has 2 aliphatic heterocycles. The molecule has 2 aliphatic rings. The Labute approximate surface area is 215 Å². The van der Waals surface area contributed by atoms with Crippen molar-refractivity contribution >= 4 is 11.9 Å². The zero-order chi connectivity index (χ0) is 27.3. The van der Waals surface area contributed by atoms with Gasteiger partial charge in [-0.2, -0.15) is 0 Å². The average Bonchev–Trinajstić information content (AvgIpc) is 3.48. The molecule has 0 radical (unpaired) electrons. The van der Waals surface area contributed by atoms with Crippen LogP contribution in [0.3, 0.4) is 0 Å². The van der Waals surface area contributed by atoms with E-state index in [0.717, 1.165) is 12.0 Å². The molecule has 3 N–H and O–H groups in total. The first kappa shape index (κ1) is 30.2. The molecule has 9 unspecified atom stereocenters. The largest absolute Gasteiger partial charge is 0.457 e. The van der Waals surface area contributed by atoms with Crippen LogP contribution in [0.2, 0.25) is 0 Å². The maximum atomic E-state index is 12.6. The number of allylic oxidation sites excluding steroid dienone is 2. The van der Waals surface area contributed by atoms with Crippen molar-refractivity contribution in [3.05, 3.63) is 36.0 Å². The van der Waals surface area contributed by atoms with Crippen molar-refractivity contribution in [1.29, 1.82) is 0 Å². The number of hydrogen-bond donors (Lipinski definition) is 3. The van der Waals surface area contributed by atoms with Gasteiger partial charge in [0.2, 0.25) is 0 Å². The monoisotopic (exact) mass is 508 g/mol. The van der Waals surface area contributed by atoms with E-state index < -0.39 is 47.6 Å². The van der Waals surface area contributed by atoms with Gasteiger partial charge in [-0.1, -0.05) is 45.1 Å². The number of carbonyl (C=O) groups is 2. The Balaban J connectivity index is 2.24. The minimum atomic E-state index is -1.41. The van der Waals surface area contributed by atoms with Gasteiger partial charge in [0.25, 0.3) is 0 Å². The quantitative estimate of drug-likeness (QED) is 0.207. The average molecular weight is 509 g/mol. The third kappa shape index (κ3) is 8.00. The Morgan fingerprint density at radius 1 is 1.31 bits per heavy atom. The Morgan fingerprint density at radius 2 is 1.97 bits per heavy atom. The van der Waals surface area contributed by atoms with Gasteiger partial charge in [0, 0.05) is 18.8 Å². The molecule has 0 aliphatic carbocycles. The SMILES string of the molecule is CCC1OC1(C)C(O)C(C)C=CC=C(C)C1OC(=O)CC(O)CCC(C)(O)C(OC(C)=O)C=CC1C. The molecule has 2 rings (SSSR count). The summed E-state index contributed by atoms with van der Waals surface area (Å²) in [7, 11) is 0. The Morgan fingerprint density at radius 3 is 2.56 bits per heavy atom. The lowest BCUT2D eigenvalue weighted by atomic mass is 9.88. The maximum absolute atomic E-state index is 12.6. The lowest BCUT2D eigenvalue weighted by Gasteiger charge is -2.32. The highest BCUT2D eigenvalue weighted by atomic mass is 16.6. The standard InChI is InChI=1S/C28H44O8/c1-8-22-28(7,36-22)26(32)19(4)11-9-10-17(2)25-18(3)12-13-23(34-20(5)29)27(6,33)15-14-21(30)16-24(31)35-25/h9-13,18-19,21-23,25-26,30,32-33H,8,14-16H2,1-7H3. The van der Waals surface area contributed by atoms with E-state index in [1.54, 1.807) is 19.1 Å². The predicted molar refractivity (Wildman–Crippen MR) is 136 cm³/mol. The number of hydrogen-bond acceptors (Lipinski definition) is 8.